The first-order valence-electron chi connectivity index (χ1n) is 3.96. The minimum absolute atomic E-state index is 0.410. The number of nitriles is 1. The van der Waals surface area contributed by atoms with Gasteiger partial charge in [0.25, 0.3) is 0 Å². The van der Waals surface area contributed by atoms with Gasteiger partial charge in [0.1, 0.15) is 0 Å². The molecule has 0 radical (unpaired) electrons. The van der Waals surface area contributed by atoms with Crippen molar-refractivity contribution in [3.05, 3.63) is 0 Å². The molecule has 0 aromatic heterocycles. The van der Waals surface area contributed by atoms with E-state index in [0.29, 0.717) is 13.0 Å². The molecule has 0 aromatic carbocycles. The molecule has 3 nitrogen and oxygen atoms in total. The molecule has 12 heavy (non-hydrogen) atoms. The number of halogens is 1. The third-order valence-corrected chi connectivity index (χ3v) is 3.70. The third-order valence-electron chi connectivity index (χ3n) is 1.36. The average Bonchev–Trinajstić information content (AvgIpc) is 2.07. The Morgan fingerprint density at radius 1 is 1.50 bits per heavy atom. The Bertz CT molecular complexity index is 147. The number of rotatable bonds is 6. The summed E-state index contributed by atoms with van der Waals surface area (Å²) < 4.78 is 7.30. The lowest BCUT2D eigenvalue weighted by Gasteiger charge is -2.22. The zero-order valence-electron chi connectivity index (χ0n) is 7.46. The van der Waals surface area contributed by atoms with Gasteiger partial charge in [-0.2, -0.15) is 5.26 Å². The molecular weight excluding hydrogens is 195 g/mol. The van der Waals surface area contributed by atoms with Gasteiger partial charge >= 0.3 is 0 Å². The molecule has 0 N–H and O–H groups in total. The summed E-state index contributed by atoms with van der Waals surface area (Å²) in [5.41, 5.74) is 0. The van der Waals surface area contributed by atoms with E-state index in [1.165, 1.54) is 0 Å². The van der Waals surface area contributed by atoms with E-state index in [1.807, 2.05) is 24.6 Å². The topological polar surface area (TPSA) is 36.3 Å². The van der Waals surface area contributed by atoms with Gasteiger partial charge in [0.15, 0.2) is 0 Å². The Hall–Kier alpha value is 0.130. The van der Waals surface area contributed by atoms with Gasteiger partial charge in [0.2, 0.25) is 7.65 Å². The molecule has 0 aliphatic carbocycles. The van der Waals surface area contributed by atoms with Crippen molar-refractivity contribution in [1.82, 2.24) is 4.67 Å². The minimum atomic E-state index is -1.00. The predicted molar refractivity (Wildman–Crippen MR) is 51.9 cm³/mol. The smallest absolute Gasteiger partial charge is 0.206 e. The molecule has 0 amide bonds. The van der Waals surface area contributed by atoms with Crippen LogP contribution in [-0.2, 0) is 4.52 Å². The second-order valence-electron chi connectivity index (χ2n) is 2.11. The second-order valence-corrected chi connectivity index (χ2v) is 4.25. The van der Waals surface area contributed by atoms with Gasteiger partial charge in [-0.3, -0.25) is 0 Å². The molecular formula is C7H14ClN2OP. The van der Waals surface area contributed by atoms with Gasteiger partial charge in [-0.25, -0.2) is 4.67 Å². The molecule has 0 spiro atoms. The van der Waals surface area contributed by atoms with Crippen LogP contribution in [0.15, 0.2) is 0 Å². The van der Waals surface area contributed by atoms with Crippen molar-refractivity contribution in [3.63, 3.8) is 0 Å². The highest BCUT2D eigenvalue weighted by Crippen LogP contribution is 2.46. The first-order chi connectivity index (χ1) is 5.76. The Morgan fingerprint density at radius 3 is 2.50 bits per heavy atom. The molecule has 0 aliphatic heterocycles. The number of hydrogen-bond acceptors (Lipinski definition) is 3. The first-order valence-corrected chi connectivity index (χ1v) is 6.08. The summed E-state index contributed by atoms with van der Waals surface area (Å²) in [5.74, 6) is 0. The maximum Gasteiger partial charge on any atom is 0.206 e. The molecule has 0 saturated heterocycles. The van der Waals surface area contributed by atoms with Crippen LogP contribution in [0.25, 0.3) is 0 Å². The largest absolute Gasteiger partial charge is 0.330 e. The molecule has 0 bridgehead atoms. The lowest BCUT2D eigenvalue weighted by molar-refractivity contribution is 0.329. The van der Waals surface area contributed by atoms with Crippen LogP contribution in [0.2, 0.25) is 0 Å². The van der Waals surface area contributed by atoms with E-state index < -0.39 is 7.65 Å². The standard InChI is InChI=1S/C7H14ClN2OP/c1-3-10(4-2)12(8)11-7-5-6-9/h3-5,7H2,1-2H3. The molecule has 0 saturated carbocycles. The van der Waals surface area contributed by atoms with Gasteiger partial charge in [-0.05, 0) is 11.2 Å². The average molecular weight is 209 g/mol. The normalized spacial score (nSPS) is 12.9. The molecule has 70 valence electrons. The van der Waals surface area contributed by atoms with E-state index in [2.05, 4.69) is 0 Å². The van der Waals surface area contributed by atoms with Crippen LogP contribution < -0.4 is 0 Å². The van der Waals surface area contributed by atoms with Gasteiger partial charge < -0.3 is 4.52 Å². The molecule has 0 rings (SSSR count). The van der Waals surface area contributed by atoms with Crippen LogP contribution in [0.3, 0.4) is 0 Å². The summed E-state index contributed by atoms with van der Waals surface area (Å²) in [6.45, 7) is 6.28. The van der Waals surface area contributed by atoms with Crippen molar-refractivity contribution in [2.75, 3.05) is 19.7 Å². The summed E-state index contributed by atoms with van der Waals surface area (Å²) >= 11 is 5.94. The summed E-state index contributed by atoms with van der Waals surface area (Å²) in [5, 5.41) is 8.25. The molecule has 1 unspecified atom stereocenters. The monoisotopic (exact) mass is 208 g/mol. The quantitative estimate of drug-likeness (QED) is 0.498. The van der Waals surface area contributed by atoms with Crippen molar-refractivity contribution in [3.8, 4) is 6.07 Å². The van der Waals surface area contributed by atoms with Gasteiger partial charge in [-0.1, -0.05) is 13.8 Å². The van der Waals surface area contributed by atoms with Crippen molar-refractivity contribution in [2.24, 2.45) is 0 Å². The summed E-state index contributed by atoms with van der Waals surface area (Å²) in [7, 11) is -1.00. The van der Waals surface area contributed by atoms with Crippen LogP contribution >= 0.6 is 18.9 Å². The summed E-state index contributed by atoms with van der Waals surface area (Å²) in [6, 6.07) is 2.01. The maximum absolute atomic E-state index is 8.25. The van der Waals surface area contributed by atoms with E-state index in [9.17, 15) is 0 Å². The number of nitrogens with zero attached hydrogens (tertiary/aromatic N) is 2. The Morgan fingerprint density at radius 2 is 2.08 bits per heavy atom. The highest BCUT2D eigenvalue weighted by atomic mass is 35.7. The summed E-state index contributed by atoms with van der Waals surface area (Å²) in [4.78, 5) is 0. The molecule has 0 aromatic rings. The van der Waals surface area contributed by atoms with Crippen LogP contribution in [0.5, 0.6) is 0 Å². The maximum atomic E-state index is 8.25. The van der Waals surface area contributed by atoms with E-state index in [-0.39, 0.29) is 0 Å². The fourth-order valence-corrected chi connectivity index (χ4v) is 2.39. The zero-order chi connectivity index (χ0) is 9.40. The van der Waals surface area contributed by atoms with Crippen molar-refractivity contribution in [2.45, 2.75) is 20.3 Å². The van der Waals surface area contributed by atoms with Crippen molar-refractivity contribution in [1.29, 1.82) is 5.26 Å². The summed E-state index contributed by atoms with van der Waals surface area (Å²) in [6.07, 6.45) is 0.410. The van der Waals surface area contributed by atoms with Crippen LogP contribution in [0.4, 0.5) is 0 Å². The van der Waals surface area contributed by atoms with Crippen LogP contribution in [0, 0.1) is 11.3 Å². The minimum Gasteiger partial charge on any atom is -0.330 e. The molecule has 0 fully saturated rings. The fraction of sp³-hybridized carbons (Fsp3) is 0.857. The highest BCUT2D eigenvalue weighted by Gasteiger charge is 2.12. The number of hydrogen-bond donors (Lipinski definition) is 0. The van der Waals surface area contributed by atoms with E-state index in [0.717, 1.165) is 13.1 Å². The fourth-order valence-electron chi connectivity index (χ4n) is 0.694. The Kier molecular flexibility index (Phi) is 7.85. The lowest BCUT2D eigenvalue weighted by Crippen LogP contribution is -2.15. The zero-order valence-corrected chi connectivity index (χ0v) is 9.11. The van der Waals surface area contributed by atoms with Crippen molar-refractivity contribution < 1.29 is 4.52 Å². The van der Waals surface area contributed by atoms with Crippen LogP contribution in [-0.4, -0.2) is 24.4 Å². The van der Waals surface area contributed by atoms with E-state index in [1.54, 1.807) is 0 Å². The third kappa shape index (κ3) is 4.90. The van der Waals surface area contributed by atoms with Crippen LogP contribution in [0.1, 0.15) is 20.3 Å². The van der Waals surface area contributed by atoms with E-state index >= 15 is 0 Å². The van der Waals surface area contributed by atoms with Gasteiger partial charge in [-0.15, -0.1) is 0 Å². The second kappa shape index (κ2) is 7.76. The molecule has 5 heteroatoms. The van der Waals surface area contributed by atoms with Gasteiger partial charge in [0, 0.05) is 13.1 Å². The van der Waals surface area contributed by atoms with E-state index in [4.69, 9.17) is 21.0 Å². The lowest BCUT2D eigenvalue weighted by atomic mass is 10.5. The molecule has 0 heterocycles. The van der Waals surface area contributed by atoms with Crippen molar-refractivity contribution >= 4 is 18.9 Å². The Balaban J connectivity index is 3.55. The molecule has 0 aliphatic rings. The highest BCUT2D eigenvalue weighted by molar-refractivity contribution is 7.78. The predicted octanol–water partition coefficient (Wildman–Crippen LogP) is 2.72. The first kappa shape index (κ1) is 12.1. The molecule has 1 atom stereocenters. The van der Waals surface area contributed by atoms with Gasteiger partial charge in [0.05, 0.1) is 19.1 Å². The SMILES string of the molecule is CCN(CC)P(Cl)OCCC#N. The Labute approximate surface area is 79.9 Å².